The van der Waals surface area contributed by atoms with Crippen LogP contribution in [0.3, 0.4) is 0 Å². The fraction of sp³-hybridized carbons (Fsp3) is 0.500. The number of nitrogens with zero attached hydrogens (tertiary/aromatic N) is 1. The molecule has 4 nitrogen and oxygen atoms in total. The van der Waals surface area contributed by atoms with Crippen LogP contribution in [0.5, 0.6) is 0 Å². The lowest BCUT2D eigenvalue weighted by atomic mass is 10.0. The Kier molecular flexibility index (Phi) is 5.16. The Hall–Kier alpha value is -1.55. The molecule has 4 heteroatoms. The van der Waals surface area contributed by atoms with E-state index in [9.17, 15) is 4.79 Å². The summed E-state index contributed by atoms with van der Waals surface area (Å²) in [5, 5.41) is 2.97. The lowest BCUT2D eigenvalue weighted by molar-refractivity contribution is 0.0928. The summed E-state index contributed by atoms with van der Waals surface area (Å²) < 4.78 is 0. The number of nitrogens with one attached hydrogen (secondary N) is 1. The molecular formula is C14H23N3O. The summed E-state index contributed by atoms with van der Waals surface area (Å²) in [6, 6.07) is 7.57. The number of amides is 1. The zero-order chi connectivity index (χ0) is 13.7. The van der Waals surface area contributed by atoms with Crippen LogP contribution < -0.4 is 16.0 Å². The van der Waals surface area contributed by atoms with E-state index in [1.54, 1.807) is 0 Å². The van der Waals surface area contributed by atoms with Gasteiger partial charge in [0.15, 0.2) is 0 Å². The van der Waals surface area contributed by atoms with Crippen molar-refractivity contribution in [1.29, 1.82) is 0 Å². The minimum atomic E-state index is -0.0668. The summed E-state index contributed by atoms with van der Waals surface area (Å²) in [5.74, 6) is 0.263. The van der Waals surface area contributed by atoms with Gasteiger partial charge in [0, 0.05) is 37.9 Å². The molecule has 0 spiro atoms. The number of carbonyl (C=O) groups excluding carboxylic acids is 1. The van der Waals surface area contributed by atoms with Crippen molar-refractivity contribution in [2.45, 2.75) is 19.9 Å². The van der Waals surface area contributed by atoms with Gasteiger partial charge in [0.1, 0.15) is 0 Å². The van der Waals surface area contributed by atoms with Crippen molar-refractivity contribution in [3.8, 4) is 0 Å². The van der Waals surface area contributed by atoms with Crippen molar-refractivity contribution in [2.24, 2.45) is 11.7 Å². The normalized spacial score (nSPS) is 12.3. The van der Waals surface area contributed by atoms with E-state index in [0.29, 0.717) is 18.0 Å². The van der Waals surface area contributed by atoms with Gasteiger partial charge >= 0.3 is 0 Å². The molecule has 18 heavy (non-hydrogen) atoms. The Bertz CT molecular complexity index is 402. The van der Waals surface area contributed by atoms with Crippen LogP contribution >= 0.6 is 0 Å². The lowest BCUT2D eigenvalue weighted by Gasteiger charge is -2.21. The highest BCUT2D eigenvalue weighted by Crippen LogP contribution is 2.13. The van der Waals surface area contributed by atoms with E-state index in [2.05, 4.69) is 5.32 Å². The van der Waals surface area contributed by atoms with Crippen molar-refractivity contribution >= 4 is 11.6 Å². The molecule has 3 N–H and O–H groups in total. The van der Waals surface area contributed by atoms with Gasteiger partial charge in [-0.15, -0.1) is 0 Å². The van der Waals surface area contributed by atoms with Crippen LogP contribution in [-0.2, 0) is 0 Å². The number of nitrogens with two attached hydrogens (primary N) is 1. The van der Waals surface area contributed by atoms with Gasteiger partial charge in [0.05, 0.1) is 0 Å². The van der Waals surface area contributed by atoms with Gasteiger partial charge in [-0.2, -0.15) is 0 Å². The highest BCUT2D eigenvalue weighted by Gasteiger charge is 2.15. The molecule has 1 atom stereocenters. The standard InChI is InChI=1S/C14H23N3O/c1-10(2)13(9-15)16-14(18)11-6-5-7-12(8-11)17(3)4/h5-8,10,13H,9,15H2,1-4H3,(H,16,18). The number of anilines is 1. The molecule has 1 aromatic rings. The third kappa shape index (κ3) is 3.74. The van der Waals surface area contributed by atoms with Gasteiger partial charge in [0.25, 0.3) is 5.91 Å². The molecule has 0 bridgehead atoms. The van der Waals surface area contributed by atoms with Crippen LogP contribution in [0.15, 0.2) is 24.3 Å². The number of hydrogen-bond donors (Lipinski definition) is 2. The van der Waals surface area contributed by atoms with Crippen LogP contribution in [0.4, 0.5) is 5.69 Å². The quantitative estimate of drug-likeness (QED) is 0.830. The van der Waals surface area contributed by atoms with E-state index in [-0.39, 0.29) is 11.9 Å². The second-order valence-corrected chi connectivity index (χ2v) is 5.00. The van der Waals surface area contributed by atoms with Gasteiger partial charge < -0.3 is 16.0 Å². The Labute approximate surface area is 109 Å². The van der Waals surface area contributed by atoms with Crippen LogP contribution in [0.25, 0.3) is 0 Å². The molecule has 100 valence electrons. The van der Waals surface area contributed by atoms with Gasteiger partial charge in [-0.05, 0) is 24.1 Å². The first-order chi connectivity index (χ1) is 8.45. The molecule has 0 aliphatic carbocycles. The molecular weight excluding hydrogens is 226 g/mol. The van der Waals surface area contributed by atoms with Gasteiger partial charge in [-0.25, -0.2) is 0 Å². The van der Waals surface area contributed by atoms with Crippen LogP contribution in [0.2, 0.25) is 0 Å². The SMILES string of the molecule is CC(C)C(CN)NC(=O)c1cccc(N(C)C)c1. The second kappa shape index (κ2) is 6.40. The maximum atomic E-state index is 12.1. The molecule has 0 aliphatic heterocycles. The molecule has 1 unspecified atom stereocenters. The maximum absolute atomic E-state index is 12.1. The monoisotopic (exact) mass is 249 g/mol. The first-order valence-electron chi connectivity index (χ1n) is 6.24. The second-order valence-electron chi connectivity index (χ2n) is 5.00. The summed E-state index contributed by atoms with van der Waals surface area (Å²) >= 11 is 0. The van der Waals surface area contributed by atoms with Crippen molar-refractivity contribution in [3.05, 3.63) is 29.8 Å². The molecule has 0 saturated carbocycles. The van der Waals surface area contributed by atoms with E-state index in [1.165, 1.54) is 0 Å². The van der Waals surface area contributed by atoms with Crippen LogP contribution in [-0.4, -0.2) is 32.6 Å². The van der Waals surface area contributed by atoms with Crippen molar-refractivity contribution in [1.82, 2.24) is 5.32 Å². The Morgan fingerprint density at radius 2 is 2.06 bits per heavy atom. The van der Waals surface area contributed by atoms with Crippen LogP contribution in [0.1, 0.15) is 24.2 Å². The van der Waals surface area contributed by atoms with Crippen molar-refractivity contribution < 1.29 is 4.79 Å². The zero-order valence-electron chi connectivity index (χ0n) is 11.6. The third-order valence-electron chi connectivity index (χ3n) is 3.00. The number of hydrogen-bond acceptors (Lipinski definition) is 3. The summed E-state index contributed by atoms with van der Waals surface area (Å²) in [6.45, 7) is 4.55. The van der Waals surface area contributed by atoms with Crippen molar-refractivity contribution in [3.63, 3.8) is 0 Å². The Morgan fingerprint density at radius 1 is 1.39 bits per heavy atom. The first-order valence-corrected chi connectivity index (χ1v) is 6.24. The number of carbonyl (C=O) groups is 1. The first kappa shape index (κ1) is 14.5. The molecule has 0 aromatic heterocycles. The predicted molar refractivity (Wildman–Crippen MR) is 75.9 cm³/mol. The fourth-order valence-electron chi connectivity index (χ4n) is 1.67. The molecule has 0 saturated heterocycles. The smallest absolute Gasteiger partial charge is 0.251 e. The maximum Gasteiger partial charge on any atom is 0.251 e. The Morgan fingerprint density at radius 3 is 2.56 bits per heavy atom. The third-order valence-corrected chi connectivity index (χ3v) is 3.00. The molecule has 1 aromatic carbocycles. The van der Waals surface area contributed by atoms with E-state index >= 15 is 0 Å². The summed E-state index contributed by atoms with van der Waals surface area (Å²) in [6.07, 6.45) is 0. The fourth-order valence-corrected chi connectivity index (χ4v) is 1.67. The highest BCUT2D eigenvalue weighted by atomic mass is 16.1. The summed E-state index contributed by atoms with van der Waals surface area (Å²) in [7, 11) is 3.90. The molecule has 0 radical (unpaired) electrons. The summed E-state index contributed by atoms with van der Waals surface area (Å²) in [4.78, 5) is 14.1. The van der Waals surface area contributed by atoms with E-state index in [4.69, 9.17) is 5.73 Å². The topological polar surface area (TPSA) is 58.4 Å². The van der Waals surface area contributed by atoms with E-state index < -0.39 is 0 Å². The Balaban J connectivity index is 2.81. The molecule has 0 heterocycles. The number of rotatable bonds is 5. The molecule has 1 rings (SSSR count). The number of benzene rings is 1. The van der Waals surface area contributed by atoms with E-state index in [0.717, 1.165) is 5.69 Å². The minimum Gasteiger partial charge on any atom is -0.378 e. The van der Waals surface area contributed by atoms with Crippen LogP contribution in [0, 0.1) is 5.92 Å². The molecule has 0 aliphatic rings. The average molecular weight is 249 g/mol. The zero-order valence-corrected chi connectivity index (χ0v) is 11.6. The summed E-state index contributed by atoms with van der Waals surface area (Å²) in [5.41, 5.74) is 7.33. The van der Waals surface area contributed by atoms with E-state index in [1.807, 2.05) is 57.1 Å². The lowest BCUT2D eigenvalue weighted by Crippen LogP contribution is -2.43. The highest BCUT2D eigenvalue weighted by molar-refractivity contribution is 5.95. The largest absolute Gasteiger partial charge is 0.378 e. The molecule has 1 amide bonds. The minimum absolute atomic E-state index is 0.0144. The van der Waals surface area contributed by atoms with Gasteiger partial charge in [-0.1, -0.05) is 19.9 Å². The van der Waals surface area contributed by atoms with Crippen molar-refractivity contribution in [2.75, 3.05) is 25.5 Å². The predicted octanol–water partition coefficient (Wildman–Crippen LogP) is 1.47. The van der Waals surface area contributed by atoms with Gasteiger partial charge in [0.2, 0.25) is 0 Å². The molecule has 0 fully saturated rings. The van der Waals surface area contributed by atoms with Gasteiger partial charge in [-0.3, -0.25) is 4.79 Å². The average Bonchev–Trinajstić information content (AvgIpc) is 2.35.